The van der Waals surface area contributed by atoms with E-state index in [0.29, 0.717) is 17.4 Å². The molecule has 0 fully saturated rings. The number of benzene rings is 2. The lowest BCUT2D eigenvalue weighted by atomic mass is 10.0. The minimum atomic E-state index is -0.320. The highest BCUT2D eigenvalue weighted by molar-refractivity contribution is 6.03. The van der Waals surface area contributed by atoms with E-state index in [1.165, 1.54) is 12.1 Å². The summed E-state index contributed by atoms with van der Waals surface area (Å²) in [6, 6.07) is 16.8. The monoisotopic (exact) mass is 350 g/mol. The van der Waals surface area contributed by atoms with Crippen LogP contribution >= 0.6 is 0 Å². The van der Waals surface area contributed by atoms with Crippen molar-refractivity contribution in [3.05, 3.63) is 77.7 Å². The Kier molecular flexibility index (Phi) is 5.22. The van der Waals surface area contributed by atoms with E-state index in [2.05, 4.69) is 34.7 Å². The zero-order valence-corrected chi connectivity index (χ0v) is 14.5. The zero-order chi connectivity index (χ0) is 18.5. The van der Waals surface area contributed by atoms with Crippen LogP contribution in [-0.4, -0.2) is 16.1 Å². The molecule has 0 radical (unpaired) electrons. The summed E-state index contributed by atoms with van der Waals surface area (Å²) in [6.45, 7) is 4.14. The summed E-state index contributed by atoms with van der Waals surface area (Å²) in [4.78, 5) is 12.4. The number of rotatable bonds is 5. The van der Waals surface area contributed by atoms with Gasteiger partial charge in [0.05, 0.1) is 0 Å². The summed E-state index contributed by atoms with van der Waals surface area (Å²) in [5.74, 6) is 0.130. The molecule has 2 N–H and O–H groups in total. The van der Waals surface area contributed by atoms with Gasteiger partial charge in [0.2, 0.25) is 0 Å². The lowest BCUT2D eigenvalue weighted by Gasteiger charge is -2.13. The Morgan fingerprint density at radius 3 is 2.35 bits per heavy atom. The van der Waals surface area contributed by atoms with Crippen molar-refractivity contribution in [3.8, 4) is 0 Å². The third kappa shape index (κ3) is 4.22. The van der Waals surface area contributed by atoms with E-state index >= 15 is 0 Å². The Labute approximate surface area is 151 Å². The number of para-hydroxylation sites is 1. The molecule has 1 heterocycles. The fraction of sp³-hybridized carbons (Fsp3) is 0.150. The highest BCUT2D eigenvalue weighted by atomic mass is 19.1. The second-order valence-electron chi connectivity index (χ2n) is 6.13. The quantitative estimate of drug-likeness (QED) is 0.698. The molecule has 0 spiro atoms. The Bertz CT molecular complexity index is 892. The summed E-state index contributed by atoms with van der Waals surface area (Å²) < 4.78 is 12.9. The van der Waals surface area contributed by atoms with Crippen molar-refractivity contribution in [2.45, 2.75) is 19.8 Å². The van der Waals surface area contributed by atoms with Crippen LogP contribution in [0.15, 0.2) is 60.7 Å². The molecule has 1 aromatic heterocycles. The number of nitrogens with one attached hydrogen (secondary N) is 2. The van der Waals surface area contributed by atoms with Gasteiger partial charge < -0.3 is 10.6 Å². The van der Waals surface area contributed by atoms with E-state index in [0.717, 1.165) is 11.3 Å². The Morgan fingerprint density at radius 1 is 0.962 bits per heavy atom. The minimum Gasteiger partial charge on any atom is -0.339 e. The van der Waals surface area contributed by atoms with E-state index in [1.54, 1.807) is 24.3 Å². The number of hydrogen-bond acceptors (Lipinski definition) is 4. The first-order valence-corrected chi connectivity index (χ1v) is 8.29. The lowest BCUT2D eigenvalue weighted by molar-refractivity contribution is 0.102. The Hall–Kier alpha value is -3.28. The molecule has 0 saturated carbocycles. The van der Waals surface area contributed by atoms with Crippen LogP contribution in [0, 0.1) is 5.82 Å². The van der Waals surface area contributed by atoms with Gasteiger partial charge >= 0.3 is 0 Å². The van der Waals surface area contributed by atoms with Crippen molar-refractivity contribution in [3.63, 3.8) is 0 Å². The maximum Gasteiger partial charge on any atom is 0.276 e. The predicted molar refractivity (Wildman–Crippen MR) is 100 cm³/mol. The topological polar surface area (TPSA) is 66.9 Å². The maximum atomic E-state index is 12.9. The number of hydrogen-bond donors (Lipinski definition) is 2. The fourth-order valence-corrected chi connectivity index (χ4v) is 2.50. The minimum absolute atomic E-state index is 0.216. The summed E-state index contributed by atoms with van der Waals surface area (Å²) in [6.07, 6.45) is 0. The van der Waals surface area contributed by atoms with Gasteiger partial charge in [-0.3, -0.25) is 4.79 Å². The van der Waals surface area contributed by atoms with Gasteiger partial charge in [-0.05, 0) is 53.9 Å². The van der Waals surface area contributed by atoms with Gasteiger partial charge in [-0.15, -0.1) is 10.2 Å². The maximum absolute atomic E-state index is 12.9. The largest absolute Gasteiger partial charge is 0.339 e. The van der Waals surface area contributed by atoms with Crippen molar-refractivity contribution >= 4 is 23.1 Å². The molecule has 0 bridgehead atoms. The molecule has 132 valence electrons. The number of aromatic nitrogens is 2. The van der Waals surface area contributed by atoms with Crippen LogP contribution in [0.1, 0.15) is 35.8 Å². The van der Waals surface area contributed by atoms with Gasteiger partial charge in [0.1, 0.15) is 5.82 Å². The number of anilines is 3. The summed E-state index contributed by atoms with van der Waals surface area (Å²) in [5.41, 5.74) is 2.73. The molecule has 0 aliphatic rings. The first-order chi connectivity index (χ1) is 12.5. The van der Waals surface area contributed by atoms with Crippen molar-refractivity contribution < 1.29 is 9.18 Å². The van der Waals surface area contributed by atoms with Crippen molar-refractivity contribution in [2.75, 3.05) is 10.6 Å². The molecule has 6 heteroatoms. The summed E-state index contributed by atoms with van der Waals surface area (Å²) in [5, 5.41) is 13.8. The molecule has 0 atom stereocenters. The van der Waals surface area contributed by atoms with E-state index in [9.17, 15) is 9.18 Å². The van der Waals surface area contributed by atoms with Crippen molar-refractivity contribution in [2.24, 2.45) is 0 Å². The number of carbonyl (C=O) groups excluding carboxylic acids is 1. The van der Waals surface area contributed by atoms with Crippen LogP contribution < -0.4 is 10.6 Å². The fourth-order valence-electron chi connectivity index (χ4n) is 2.50. The molecular weight excluding hydrogens is 331 g/mol. The molecule has 3 aromatic rings. The second kappa shape index (κ2) is 7.74. The van der Waals surface area contributed by atoms with E-state index < -0.39 is 0 Å². The average Bonchev–Trinajstić information content (AvgIpc) is 2.64. The zero-order valence-electron chi connectivity index (χ0n) is 14.5. The Morgan fingerprint density at radius 2 is 1.69 bits per heavy atom. The normalized spacial score (nSPS) is 10.6. The second-order valence-corrected chi connectivity index (χ2v) is 6.13. The molecule has 26 heavy (non-hydrogen) atoms. The first kappa shape index (κ1) is 17.5. The highest BCUT2D eigenvalue weighted by Gasteiger charge is 2.12. The molecule has 1 amide bonds. The molecule has 0 saturated heterocycles. The SMILES string of the molecule is CC(C)c1ccccc1NC(=O)c1ccc(Nc2ccc(F)cc2)nn1. The highest BCUT2D eigenvalue weighted by Crippen LogP contribution is 2.24. The molecule has 0 unspecified atom stereocenters. The van der Waals surface area contributed by atoms with Gasteiger partial charge in [-0.25, -0.2) is 4.39 Å². The van der Waals surface area contributed by atoms with Crippen LogP contribution in [0.4, 0.5) is 21.6 Å². The van der Waals surface area contributed by atoms with Crippen LogP contribution in [0.2, 0.25) is 0 Å². The van der Waals surface area contributed by atoms with Crippen LogP contribution in [0.25, 0.3) is 0 Å². The van der Waals surface area contributed by atoms with Crippen LogP contribution in [-0.2, 0) is 0 Å². The van der Waals surface area contributed by atoms with Gasteiger partial charge in [0.25, 0.3) is 5.91 Å². The summed E-state index contributed by atoms with van der Waals surface area (Å²) in [7, 11) is 0. The average molecular weight is 350 g/mol. The third-order valence-corrected chi connectivity index (χ3v) is 3.84. The van der Waals surface area contributed by atoms with E-state index in [-0.39, 0.29) is 17.4 Å². The van der Waals surface area contributed by atoms with Crippen molar-refractivity contribution in [1.29, 1.82) is 0 Å². The smallest absolute Gasteiger partial charge is 0.276 e. The van der Waals surface area contributed by atoms with Crippen molar-refractivity contribution in [1.82, 2.24) is 10.2 Å². The number of nitrogens with zero attached hydrogens (tertiary/aromatic N) is 2. The van der Waals surface area contributed by atoms with E-state index in [4.69, 9.17) is 0 Å². The van der Waals surface area contributed by atoms with Gasteiger partial charge in [0, 0.05) is 11.4 Å². The van der Waals surface area contributed by atoms with Gasteiger partial charge in [0.15, 0.2) is 11.5 Å². The van der Waals surface area contributed by atoms with Crippen LogP contribution in [0.5, 0.6) is 0 Å². The van der Waals surface area contributed by atoms with Gasteiger partial charge in [-0.2, -0.15) is 0 Å². The number of carbonyl (C=O) groups is 1. The Balaban J connectivity index is 1.70. The molecule has 0 aliphatic carbocycles. The van der Waals surface area contributed by atoms with E-state index in [1.807, 2.05) is 24.3 Å². The molecule has 0 aliphatic heterocycles. The lowest BCUT2D eigenvalue weighted by Crippen LogP contribution is -2.16. The first-order valence-electron chi connectivity index (χ1n) is 8.29. The van der Waals surface area contributed by atoms with Crippen LogP contribution in [0.3, 0.4) is 0 Å². The summed E-state index contributed by atoms with van der Waals surface area (Å²) >= 11 is 0. The predicted octanol–water partition coefficient (Wildman–Crippen LogP) is 4.74. The standard InChI is InChI=1S/C20H19FN4O/c1-13(2)16-5-3-4-6-17(16)23-20(26)18-11-12-19(25-24-18)22-15-9-7-14(21)8-10-15/h3-13H,1-2H3,(H,22,25)(H,23,26). The molecule has 5 nitrogen and oxygen atoms in total. The molecule has 2 aromatic carbocycles. The third-order valence-electron chi connectivity index (χ3n) is 3.84. The molecular formula is C20H19FN4O. The number of halogens is 1. The molecule has 3 rings (SSSR count). The number of amides is 1. The van der Waals surface area contributed by atoms with Gasteiger partial charge in [-0.1, -0.05) is 32.0 Å².